The molecule has 3 rings (SSSR count). The van der Waals surface area contributed by atoms with E-state index in [4.69, 9.17) is 11.6 Å². The lowest BCUT2D eigenvalue weighted by atomic mass is 10.0. The van der Waals surface area contributed by atoms with Crippen LogP contribution in [0.2, 0.25) is 5.02 Å². The molecule has 3 N–H and O–H groups in total. The summed E-state index contributed by atoms with van der Waals surface area (Å²) in [5.74, 6) is -0.220. The monoisotopic (exact) mass is 383 g/mol. The Kier molecular flexibility index (Phi) is 5.50. The number of alkyl halides is 3. The molecule has 138 valence electrons. The summed E-state index contributed by atoms with van der Waals surface area (Å²) < 4.78 is 37.6. The van der Waals surface area contributed by atoms with Crippen molar-refractivity contribution < 1.29 is 18.0 Å². The first-order valence-corrected chi connectivity index (χ1v) is 8.41. The molecule has 0 aliphatic carbocycles. The van der Waals surface area contributed by atoms with Crippen LogP contribution in [-0.4, -0.2) is 11.9 Å². The summed E-state index contributed by atoms with van der Waals surface area (Å²) in [6.07, 6.45) is -3.82. The Labute approximate surface area is 153 Å². The van der Waals surface area contributed by atoms with Crippen molar-refractivity contribution >= 4 is 17.5 Å². The second-order valence-corrected chi connectivity index (χ2v) is 6.53. The molecule has 2 aromatic carbocycles. The van der Waals surface area contributed by atoms with Gasteiger partial charge < -0.3 is 5.32 Å². The van der Waals surface area contributed by atoms with Gasteiger partial charge in [-0.05, 0) is 41.8 Å². The predicted octanol–water partition coefficient (Wildman–Crippen LogP) is 3.58. The van der Waals surface area contributed by atoms with Crippen molar-refractivity contribution in [3.05, 3.63) is 70.2 Å². The molecule has 0 aromatic heterocycles. The third-order valence-electron chi connectivity index (χ3n) is 4.22. The quantitative estimate of drug-likeness (QED) is 0.756. The van der Waals surface area contributed by atoms with Gasteiger partial charge in [0.05, 0.1) is 5.56 Å². The molecule has 1 amide bonds. The molecule has 0 radical (unpaired) electrons. The fourth-order valence-corrected chi connectivity index (χ4v) is 2.99. The van der Waals surface area contributed by atoms with Crippen molar-refractivity contribution in [1.29, 1.82) is 0 Å². The van der Waals surface area contributed by atoms with Gasteiger partial charge in [-0.1, -0.05) is 35.9 Å². The number of carbonyl (C=O) groups is 1. The van der Waals surface area contributed by atoms with Crippen LogP contribution in [0.1, 0.15) is 29.2 Å². The summed E-state index contributed by atoms with van der Waals surface area (Å²) in [5, 5.41) is 3.36. The average molecular weight is 384 g/mol. The molecular weight excluding hydrogens is 367 g/mol. The van der Waals surface area contributed by atoms with E-state index in [1.54, 1.807) is 6.07 Å². The van der Waals surface area contributed by atoms with E-state index in [2.05, 4.69) is 16.2 Å². The molecule has 1 aliphatic heterocycles. The van der Waals surface area contributed by atoms with Crippen LogP contribution in [0.3, 0.4) is 0 Å². The minimum atomic E-state index is -4.36. The first-order chi connectivity index (χ1) is 12.3. The molecule has 0 spiro atoms. The molecule has 2 aromatic rings. The van der Waals surface area contributed by atoms with Crippen LogP contribution < -0.4 is 16.2 Å². The van der Waals surface area contributed by atoms with Gasteiger partial charge in [-0.25, -0.2) is 10.9 Å². The summed E-state index contributed by atoms with van der Waals surface area (Å²) in [6.45, 7) is 0.164. The Morgan fingerprint density at radius 1 is 1.15 bits per heavy atom. The van der Waals surface area contributed by atoms with Crippen LogP contribution in [0, 0.1) is 0 Å². The Morgan fingerprint density at radius 3 is 2.54 bits per heavy atom. The highest BCUT2D eigenvalue weighted by Gasteiger charge is 2.31. The fourth-order valence-electron chi connectivity index (χ4n) is 2.79. The number of hydrogen-bond donors (Lipinski definition) is 3. The SMILES string of the molecule is O=C(NCc1ccc(C(F)(F)F)cc1)C1CC(c2cccc(Cl)c2)NN1. The first-order valence-electron chi connectivity index (χ1n) is 8.03. The van der Waals surface area contributed by atoms with E-state index in [1.807, 2.05) is 18.2 Å². The van der Waals surface area contributed by atoms with Crippen molar-refractivity contribution in [2.45, 2.75) is 31.2 Å². The number of hydrogen-bond acceptors (Lipinski definition) is 3. The van der Waals surface area contributed by atoms with Gasteiger partial charge in [0.2, 0.25) is 5.91 Å². The molecule has 4 nitrogen and oxygen atoms in total. The Balaban J connectivity index is 1.53. The van der Waals surface area contributed by atoms with Crippen LogP contribution in [0.5, 0.6) is 0 Å². The van der Waals surface area contributed by atoms with Gasteiger partial charge in [-0.15, -0.1) is 0 Å². The number of carbonyl (C=O) groups excluding carboxylic acids is 1. The topological polar surface area (TPSA) is 53.2 Å². The highest BCUT2D eigenvalue weighted by atomic mass is 35.5. The van der Waals surface area contributed by atoms with Gasteiger partial charge in [-0.3, -0.25) is 4.79 Å². The lowest BCUT2D eigenvalue weighted by Crippen LogP contribution is -2.42. The molecule has 2 unspecified atom stereocenters. The normalized spacial score (nSPS) is 20.2. The number of amides is 1. The smallest absolute Gasteiger partial charge is 0.351 e. The molecular formula is C18H17ClF3N3O. The van der Waals surface area contributed by atoms with E-state index >= 15 is 0 Å². The number of halogens is 4. The molecule has 1 fully saturated rings. The molecule has 0 bridgehead atoms. The van der Waals surface area contributed by atoms with E-state index in [0.717, 1.165) is 17.7 Å². The maximum atomic E-state index is 12.5. The standard InChI is InChI=1S/C18H17ClF3N3O/c19-14-3-1-2-12(8-14)15-9-16(25-24-15)17(26)23-10-11-4-6-13(7-5-11)18(20,21)22/h1-8,15-16,24-25H,9-10H2,(H,23,26). The van der Waals surface area contributed by atoms with E-state index in [1.165, 1.54) is 12.1 Å². The fraction of sp³-hybridized carbons (Fsp3) is 0.278. The van der Waals surface area contributed by atoms with Crippen LogP contribution in [0.25, 0.3) is 0 Å². The zero-order valence-corrected chi connectivity index (χ0v) is 14.4. The Morgan fingerprint density at radius 2 is 1.88 bits per heavy atom. The molecule has 2 atom stereocenters. The summed E-state index contributed by atoms with van der Waals surface area (Å²) in [7, 11) is 0. The third kappa shape index (κ3) is 4.55. The minimum absolute atomic E-state index is 0.0458. The molecule has 8 heteroatoms. The maximum Gasteiger partial charge on any atom is 0.416 e. The van der Waals surface area contributed by atoms with Gasteiger partial charge in [0.25, 0.3) is 0 Å². The largest absolute Gasteiger partial charge is 0.416 e. The van der Waals surface area contributed by atoms with Crippen LogP contribution >= 0.6 is 11.6 Å². The van der Waals surface area contributed by atoms with Gasteiger partial charge in [0, 0.05) is 17.6 Å². The predicted molar refractivity (Wildman–Crippen MR) is 92.2 cm³/mol. The van der Waals surface area contributed by atoms with E-state index < -0.39 is 17.8 Å². The third-order valence-corrected chi connectivity index (χ3v) is 4.45. The zero-order valence-electron chi connectivity index (χ0n) is 13.6. The number of nitrogens with one attached hydrogen (secondary N) is 3. The second kappa shape index (κ2) is 7.65. The molecule has 1 heterocycles. The van der Waals surface area contributed by atoms with Gasteiger partial charge in [-0.2, -0.15) is 13.2 Å². The lowest BCUT2D eigenvalue weighted by molar-refractivity contribution is -0.137. The minimum Gasteiger partial charge on any atom is -0.351 e. The van der Waals surface area contributed by atoms with E-state index in [9.17, 15) is 18.0 Å². The van der Waals surface area contributed by atoms with Gasteiger partial charge >= 0.3 is 6.18 Å². The molecule has 0 saturated carbocycles. The zero-order chi connectivity index (χ0) is 18.7. The lowest BCUT2D eigenvalue weighted by Gasteiger charge is -2.12. The van der Waals surface area contributed by atoms with Gasteiger partial charge in [0.1, 0.15) is 6.04 Å². The highest BCUT2D eigenvalue weighted by molar-refractivity contribution is 6.30. The van der Waals surface area contributed by atoms with Crippen LogP contribution in [0.4, 0.5) is 13.2 Å². The molecule has 1 aliphatic rings. The summed E-state index contributed by atoms with van der Waals surface area (Å²) >= 11 is 5.98. The van der Waals surface area contributed by atoms with Crippen molar-refractivity contribution in [3.63, 3.8) is 0 Å². The second-order valence-electron chi connectivity index (χ2n) is 6.10. The van der Waals surface area contributed by atoms with E-state index in [-0.39, 0.29) is 18.5 Å². The van der Waals surface area contributed by atoms with Crippen LogP contribution in [0.15, 0.2) is 48.5 Å². The molecule has 1 saturated heterocycles. The number of hydrazine groups is 1. The van der Waals surface area contributed by atoms with Crippen molar-refractivity contribution in [3.8, 4) is 0 Å². The summed E-state index contributed by atoms with van der Waals surface area (Å²) in [4.78, 5) is 12.3. The first kappa shape index (κ1) is 18.7. The van der Waals surface area contributed by atoms with Crippen molar-refractivity contribution in [1.82, 2.24) is 16.2 Å². The van der Waals surface area contributed by atoms with Crippen molar-refractivity contribution in [2.24, 2.45) is 0 Å². The number of benzene rings is 2. The highest BCUT2D eigenvalue weighted by Crippen LogP contribution is 2.29. The Hall–Kier alpha value is -2.09. The van der Waals surface area contributed by atoms with Crippen molar-refractivity contribution in [2.75, 3.05) is 0 Å². The van der Waals surface area contributed by atoms with E-state index in [0.29, 0.717) is 17.0 Å². The summed E-state index contributed by atoms with van der Waals surface area (Å²) in [6, 6.07) is 11.6. The summed E-state index contributed by atoms with van der Waals surface area (Å²) in [5.41, 5.74) is 6.86. The Bertz CT molecular complexity index is 780. The molecule has 26 heavy (non-hydrogen) atoms. The number of rotatable bonds is 4. The maximum absolute atomic E-state index is 12.5. The average Bonchev–Trinajstić information content (AvgIpc) is 3.09. The van der Waals surface area contributed by atoms with Gasteiger partial charge in [0.15, 0.2) is 0 Å². The van der Waals surface area contributed by atoms with Crippen LogP contribution in [-0.2, 0) is 17.5 Å².